The van der Waals surface area contributed by atoms with Gasteiger partial charge in [0.2, 0.25) is 0 Å². The van der Waals surface area contributed by atoms with E-state index >= 15 is 0 Å². The summed E-state index contributed by atoms with van der Waals surface area (Å²) in [6, 6.07) is 0.247. The standard InChI is InChI=1S/C11H23NO3/c1-9(2)12-11(3,10(13)15-5)7-6-8-14-4/h9,12H,6-8H2,1-5H3. The van der Waals surface area contributed by atoms with Gasteiger partial charge in [0.15, 0.2) is 0 Å². The molecule has 1 unspecified atom stereocenters. The number of carbonyl (C=O) groups is 1. The van der Waals surface area contributed by atoms with Crippen LogP contribution in [0.4, 0.5) is 0 Å². The molecule has 1 atom stereocenters. The summed E-state index contributed by atoms with van der Waals surface area (Å²) < 4.78 is 9.78. The van der Waals surface area contributed by atoms with Crippen LogP contribution in [0.25, 0.3) is 0 Å². The average Bonchev–Trinajstić information content (AvgIpc) is 2.15. The number of nitrogens with one attached hydrogen (secondary N) is 1. The Balaban J connectivity index is 4.33. The third kappa shape index (κ3) is 5.14. The van der Waals surface area contributed by atoms with Crippen LogP contribution in [-0.2, 0) is 14.3 Å². The number of ether oxygens (including phenoxy) is 2. The quantitative estimate of drug-likeness (QED) is 0.516. The molecule has 0 aliphatic rings. The highest BCUT2D eigenvalue weighted by atomic mass is 16.5. The molecule has 0 heterocycles. The Morgan fingerprint density at radius 3 is 2.40 bits per heavy atom. The molecule has 0 aromatic rings. The van der Waals surface area contributed by atoms with Crippen LogP contribution in [0.5, 0.6) is 0 Å². The maximum Gasteiger partial charge on any atom is 0.325 e. The molecule has 4 heteroatoms. The zero-order valence-electron chi connectivity index (χ0n) is 10.4. The van der Waals surface area contributed by atoms with E-state index in [1.54, 1.807) is 7.11 Å². The minimum absolute atomic E-state index is 0.215. The van der Waals surface area contributed by atoms with E-state index in [9.17, 15) is 4.79 Å². The summed E-state index contributed by atoms with van der Waals surface area (Å²) in [5, 5.41) is 3.24. The van der Waals surface area contributed by atoms with Gasteiger partial charge in [-0.1, -0.05) is 0 Å². The topological polar surface area (TPSA) is 47.6 Å². The molecule has 0 aliphatic heterocycles. The van der Waals surface area contributed by atoms with E-state index in [4.69, 9.17) is 9.47 Å². The highest BCUT2D eigenvalue weighted by molar-refractivity contribution is 5.80. The van der Waals surface area contributed by atoms with Crippen molar-refractivity contribution in [2.24, 2.45) is 0 Å². The van der Waals surface area contributed by atoms with Gasteiger partial charge in [-0.2, -0.15) is 0 Å². The van der Waals surface area contributed by atoms with E-state index in [1.807, 2.05) is 20.8 Å². The monoisotopic (exact) mass is 217 g/mol. The molecule has 15 heavy (non-hydrogen) atoms. The van der Waals surface area contributed by atoms with Gasteiger partial charge in [0.25, 0.3) is 0 Å². The van der Waals surface area contributed by atoms with Crippen molar-refractivity contribution >= 4 is 5.97 Å². The Hall–Kier alpha value is -0.610. The second-order valence-electron chi connectivity index (χ2n) is 4.22. The lowest BCUT2D eigenvalue weighted by Gasteiger charge is -2.30. The molecule has 4 nitrogen and oxygen atoms in total. The van der Waals surface area contributed by atoms with Crippen molar-refractivity contribution < 1.29 is 14.3 Å². The highest BCUT2D eigenvalue weighted by Gasteiger charge is 2.33. The average molecular weight is 217 g/mol. The molecule has 0 amide bonds. The van der Waals surface area contributed by atoms with Crippen LogP contribution < -0.4 is 5.32 Å². The number of carbonyl (C=O) groups excluding carboxylic acids is 1. The fourth-order valence-corrected chi connectivity index (χ4v) is 1.67. The molecule has 0 radical (unpaired) electrons. The first kappa shape index (κ1) is 14.4. The van der Waals surface area contributed by atoms with Crippen LogP contribution in [0.15, 0.2) is 0 Å². The first-order chi connectivity index (χ1) is 6.96. The van der Waals surface area contributed by atoms with Crippen LogP contribution in [-0.4, -0.2) is 38.4 Å². The second kappa shape index (κ2) is 6.80. The van der Waals surface area contributed by atoms with Crippen molar-refractivity contribution in [3.63, 3.8) is 0 Å². The van der Waals surface area contributed by atoms with Crippen molar-refractivity contribution in [1.29, 1.82) is 0 Å². The van der Waals surface area contributed by atoms with Gasteiger partial charge >= 0.3 is 5.97 Å². The first-order valence-corrected chi connectivity index (χ1v) is 5.31. The SMILES string of the molecule is COCCCC(C)(NC(C)C)C(=O)OC. The summed E-state index contributed by atoms with van der Waals surface area (Å²) >= 11 is 0. The van der Waals surface area contributed by atoms with E-state index in [1.165, 1.54) is 7.11 Å². The molecule has 0 rings (SSSR count). The Bertz CT molecular complexity index is 194. The van der Waals surface area contributed by atoms with Gasteiger partial charge < -0.3 is 9.47 Å². The van der Waals surface area contributed by atoms with E-state index < -0.39 is 5.54 Å². The third-order valence-corrected chi connectivity index (χ3v) is 2.27. The van der Waals surface area contributed by atoms with Crippen molar-refractivity contribution in [1.82, 2.24) is 5.32 Å². The first-order valence-electron chi connectivity index (χ1n) is 5.31. The lowest BCUT2D eigenvalue weighted by Crippen LogP contribution is -2.53. The number of hydrogen-bond donors (Lipinski definition) is 1. The van der Waals surface area contributed by atoms with Gasteiger partial charge in [0, 0.05) is 19.8 Å². The molecular formula is C11H23NO3. The van der Waals surface area contributed by atoms with Gasteiger partial charge in [-0.05, 0) is 33.6 Å². The molecule has 0 saturated carbocycles. The molecule has 0 bridgehead atoms. The summed E-state index contributed by atoms with van der Waals surface area (Å²) in [6.45, 7) is 6.55. The van der Waals surface area contributed by atoms with E-state index in [0.29, 0.717) is 13.0 Å². The Kier molecular flexibility index (Phi) is 6.52. The van der Waals surface area contributed by atoms with Crippen LogP contribution in [0, 0.1) is 0 Å². The van der Waals surface area contributed by atoms with Gasteiger partial charge in [-0.3, -0.25) is 10.1 Å². The molecule has 0 fully saturated rings. The summed E-state index contributed by atoms with van der Waals surface area (Å²) in [6.07, 6.45) is 1.55. The Morgan fingerprint density at radius 1 is 1.40 bits per heavy atom. The predicted molar refractivity (Wildman–Crippen MR) is 59.8 cm³/mol. The number of methoxy groups -OCH3 is 2. The van der Waals surface area contributed by atoms with E-state index in [-0.39, 0.29) is 12.0 Å². The van der Waals surface area contributed by atoms with Crippen molar-refractivity contribution in [2.45, 2.75) is 45.2 Å². The molecule has 0 saturated heterocycles. The molecule has 90 valence electrons. The van der Waals surface area contributed by atoms with E-state index in [0.717, 1.165) is 6.42 Å². The molecule has 0 aliphatic carbocycles. The number of hydrogen-bond acceptors (Lipinski definition) is 4. The van der Waals surface area contributed by atoms with Crippen LogP contribution in [0.2, 0.25) is 0 Å². The number of esters is 1. The zero-order valence-corrected chi connectivity index (χ0v) is 10.4. The van der Waals surface area contributed by atoms with Gasteiger partial charge in [0.05, 0.1) is 7.11 Å². The Morgan fingerprint density at radius 2 is 2.00 bits per heavy atom. The summed E-state index contributed by atoms with van der Waals surface area (Å²) in [7, 11) is 3.07. The van der Waals surface area contributed by atoms with Gasteiger partial charge in [0.1, 0.15) is 5.54 Å². The van der Waals surface area contributed by atoms with Crippen molar-refractivity contribution in [3.8, 4) is 0 Å². The fourth-order valence-electron chi connectivity index (χ4n) is 1.67. The number of rotatable bonds is 7. The normalized spacial score (nSPS) is 15.1. The molecule has 1 N–H and O–H groups in total. The molecule has 0 aromatic carbocycles. The van der Waals surface area contributed by atoms with E-state index in [2.05, 4.69) is 5.32 Å². The Labute approximate surface area is 92.3 Å². The van der Waals surface area contributed by atoms with Crippen molar-refractivity contribution in [2.75, 3.05) is 20.8 Å². The van der Waals surface area contributed by atoms with Gasteiger partial charge in [-0.25, -0.2) is 0 Å². The van der Waals surface area contributed by atoms with Crippen LogP contribution >= 0.6 is 0 Å². The minimum Gasteiger partial charge on any atom is -0.468 e. The molecular weight excluding hydrogens is 194 g/mol. The van der Waals surface area contributed by atoms with Crippen LogP contribution in [0.1, 0.15) is 33.6 Å². The smallest absolute Gasteiger partial charge is 0.325 e. The lowest BCUT2D eigenvalue weighted by molar-refractivity contribution is -0.148. The maximum absolute atomic E-state index is 11.6. The van der Waals surface area contributed by atoms with Gasteiger partial charge in [-0.15, -0.1) is 0 Å². The van der Waals surface area contributed by atoms with Crippen molar-refractivity contribution in [3.05, 3.63) is 0 Å². The second-order valence-corrected chi connectivity index (χ2v) is 4.22. The lowest BCUT2D eigenvalue weighted by atomic mass is 9.95. The summed E-state index contributed by atoms with van der Waals surface area (Å²) in [5.41, 5.74) is -0.610. The molecule has 0 spiro atoms. The third-order valence-electron chi connectivity index (χ3n) is 2.27. The zero-order chi connectivity index (χ0) is 11.9. The maximum atomic E-state index is 11.6. The molecule has 0 aromatic heterocycles. The fraction of sp³-hybridized carbons (Fsp3) is 0.909. The summed E-state index contributed by atoms with van der Waals surface area (Å²) in [4.78, 5) is 11.6. The highest BCUT2D eigenvalue weighted by Crippen LogP contribution is 2.15. The predicted octanol–water partition coefficient (Wildman–Crippen LogP) is 1.34. The summed E-state index contributed by atoms with van der Waals surface area (Å²) in [5.74, 6) is -0.215. The van der Waals surface area contributed by atoms with Crippen LogP contribution in [0.3, 0.4) is 0 Å². The largest absolute Gasteiger partial charge is 0.468 e. The minimum atomic E-state index is -0.610.